The van der Waals surface area contributed by atoms with Crippen molar-refractivity contribution in [1.29, 1.82) is 0 Å². The van der Waals surface area contributed by atoms with Crippen molar-refractivity contribution in [3.63, 3.8) is 0 Å². The van der Waals surface area contributed by atoms with Gasteiger partial charge >= 0.3 is 0 Å². The molecule has 5 nitrogen and oxygen atoms in total. The summed E-state index contributed by atoms with van der Waals surface area (Å²) in [6.45, 7) is 0. The average Bonchev–Trinajstić information content (AvgIpc) is 3.86. The molecule has 0 atom stereocenters. The smallest absolute Gasteiger partial charge is 0.0985 e. The Balaban J connectivity index is 1.22. The molecule has 0 saturated carbocycles. The fourth-order valence-electron chi connectivity index (χ4n) is 8.88. The number of fused-ring (bicyclic) bond motifs is 12. The molecule has 0 spiro atoms. The molecular formula is C48H29N5. The molecule has 0 aliphatic carbocycles. The summed E-state index contributed by atoms with van der Waals surface area (Å²) >= 11 is 0. The first-order chi connectivity index (χ1) is 26.3. The Kier molecular flexibility index (Phi) is 5.71. The summed E-state index contributed by atoms with van der Waals surface area (Å²) in [6.07, 6.45) is 3.71. The maximum absolute atomic E-state index is 4.87. The lowest BCUT2D eigenvalue weighted by Gasteiger charge is -2.14. The predicted octanol–water partition coefficient (Wildman–Crippen LogP) is 12.1. The minimum atomic E-state index is 0.902. The standard InChI is InChI=1S/C48H29N5/c1-5-17-40-33(12-1)34-13-2-6-18-41(34)51(40)31-21-23-44-38(28-31)39-29-32(52-42-19-7-3-14-35(42)36-15-4-8-20-43(36)52)22-24-45(39)53(44)46-27-30-11-9-25-49-47(30)48-37(46)16-10-26-50-48/h1-29H. The Morgan fingerprint density at radius 2 is 0.717 bits per heavy atom. The highest BCUT2D eigenvalue weighted by Gasteiger charge is 2.20. The van der Waals surface area contributed by atoms with Crippen molar-refractivity contribution in [1.82, 2.24) is 23.7 Å². The van der Waals surface area contributed by atoms with Gasteiger partial charge in [0.2, 0.25) is 0 Å². The molecule has 12 aromatic rings. The van der Waals surface area contributed by atoms with E-state index in [0.717, 1.165) is 49.9 Å². The summed E-state index contributed by atoms with van der Waals surface area (Å²) in [5.74, 6) is 0. The molecular weight excluding hydrogens is 647 g/mol. The van der Waals surface area contributed by atoms with E-state index in [1.807, 2.05) is 24.5 Å². The lowest BCUT2D eigenvalue weighted by molar-refractivity contribution is 1.17. The van der Waals surface area contributed by atoms with Crippen LogP contribution in [0, 0.1) is 0 Å². The Morgan fingerprint density at radius 3 is 1.23 bits per heavy atom. The number of aromatic nitrogens is 5. The van der Waals surface area contributed by atoms with Crippen LogP contribution in [0.2, 0.25) is 0 Å². The minimum absolute atomic E-state index is 0.902. The van der Waals surface area contributed by atoms with E-state index in [2.05, 4.69) is 165 Å². The van der Waals surface area contributed by atoms with E-state index < -0.39 is 0 Å². The zero-order valence-electron chi connectivity index (χ0n) is 28.5. The van der Waals surface area contributed by atoms with Crippen LogP contribution in [0.4, 0.5) is 0 Å². The molecule has 0 unspecified atom stereocenters. The maximum Gasteiger partial charge on any atom is 0.0985 e. The lowest BCUT2D eigenvalue weighted by atomic mass is 10.1. The highest BCUT2D eigenvalue weighted by Crippen LogP contribution is 2.41. The third-order valence-electron chi connectivity index (χ3n) is 11.1. The second kappa shape index (κ2) is 10.6. The van der Waals surface area contributed by atoms with Crippen LogP contribution in [0.15, 0.2) is 176 Å². The summed E-state index contributed by atoms with van der Waals surface area (Å²) in [4.78, 5) is 9.63. The molecule has 53 heavy (non-hydrogen) atoms. The Morgan fingerprint density at radius 1 is 0.302 bits per heavy atom. The molecule has 0 saturated heterocycles. The van der Waals surface area contributed by atoms with Gasteiger partial charge < -0.3 is 13.7 Å². The topological polar surface area (TPSA) is 40.6 Å². The monoisotopic (exact) mass is 675 g/mol. The minimum Gasteiger partial charge on any atom is -0.309 e. The molecule has 0 aliphatic rings. The quantitative estimate of drug-likeness (QED) is 0.175. The highest BCUT2D eigenvalue weighted by molar-refractivity contribution is 6.16. The van der Waals surface area contributed by atoms with Gasteiger partial charge in [0, 0.05) is 66.9 Å². The van der Waals surface area contributed by atoms with Crippen molar-refractivity contribution < 1.29 is 0 Å². The van der Waals surface area contributed by atoms with Gasteiger partial charge in [-0.05, 0) is 84.9 Å². The van der Waals surface area contributed by atoms with E-state index in [0.29, 0.717) is 0 Å². The molecule has 0 N–H and O–H groups in total. The van der Waals surface area contributed by atoms with Crippen LogP contribution in [-0.2, 0) is 0 Å². The fraction of sp³-hybridized carbons (Fsp3) is 0. The molecule has 0 aliphatic heterocycles. The molecule has 246 valence electrons. The molecule has 0 bridgehead atoms. The van der Waals surface area contributed by atoms with E-state index in [-0.39, 0.29) is 0 Å². The van der Waals surface area contributed by atoms with E-state index in [1.54, 1.807) is 0 Å². The zero-order chi connectivity index (χ0) is 34.6. The number of hydrogen-bond donors (Lipinski definition) is 0. The normalized spacial score (nSPS) is 12.2. The number of para-hydroxylation sites is 4. The second-order valence-electron chi connectivity index (χ2n) is 13.8. The molecule has 0 amide bonds. The average molecular weight is 676 g/mol. The van der Waals surface area contributed by atoms with Gasteiger partial charge in [0.15, 0.2) is 0 Å². The fourth-order valence-corrected chi connectivity index (χ4v) is 8.88. The predicted molar refractivity (Wildman–Crippen MR) is 220 cm³/mol. The third kappa shape index (κ3) is 3.91. The van der Waals surface area contributed by atoms with Crippen molar-refractivity contribution in [3.05, 3.63) is 176 Å². The van der Waals surface area contributed by atoms with Crippen LogP contribution in [0.1, 0.15) is 0 Å². The number of benzene rings is 7. The molecule has 5 heterocycles. The van der Waals surface area contributed by atoms with Gasteiger partial charge in [-0.2, -0.15) is 0 Å². The van der Waals surface area contributed by atoms with E-state index >= 15 is 0 Å². The third-order valence-corrected chi connectivity index (χ3v) is 11.1. The van der Waals surface area contributed by atoms with Gasteiger partial charge in [0.25, 0.3) is 0 Å². The van der Waals surface area contributed by atoms with Crippen LogP contribution in [0.25, 0.3) is 104 Å². The first kappa shape index (κ1) is 28.5. The van der Waals surface area contributed by atoms with Crippen LogP contribution < -0.4 is 0 Å². The van der Waals surface area contributed by atoms with Crippen molar-refractivity contribution >= 4 is 87.2 Å². The Hall–Kier alpha value is -7.24. The van der Waals surface area contributed by atoms with Crippen molar-refractivity contribution in [2.75, 3.05) is 0 Å². The molecule has 5 aromatic heterocycles. The SMILES string of the molecule is c1cnc2c(c1)cc(-n1c3ccc(-n4c5ccccc5c5ccccc54)cc3c3cc(-n4c5ccccc5c5ccccc54)ccc31)c1cccnc12. The Labute approximate surface area is 303 Å². The van der Waals surface area contributed by atoms with Gasteiger partial charge in [-0.3, -0.25) is 9.97 Å². The summed E-state index contributed by atoms with van der Waals surface area (Å²) in [7, 11) is 0. The number of pyridine rings is 2. The highest BCUT2D eigenvalue weighted by atomic mass is 15.0. The summed E-state index contributed by atoms with van der Waals surface area (Å²) in [6, 6.07) is 59.4. The van der Waals surface area contributed by atoms with Gasteiger partial charge in [-0.15, -0.1) is 0 Å². The molecule has 7 aromatic carbocycles. The summed E-state index contributed by atoms with van der Waals surface area (Å²) in [5, 5.41) is 9.51. The maximum atomic E-state index is 4.87. The van der Waals surface area contributed by atoms with Crippen molar-refractivity contribution in [3.8, 4) is 17.1 Å². The number of nitrogens with zero attached hydrogens (tertiary/aromatic N) is 5. The van der Waals surface area contributed by atoms with E-state index in [1.165, 1.54) is 54.4 Å². The van der Waals surface area contributed by atoms with Crippen molar-refractivity contribution in [2.45, 2.75) is 0 Å². The molecule has 0 fully saturated rings. The Bertz CT molecular complexity index is 3190. The van der Waals surface area contributed by atoms with Gasteiger partial charge in [-0.1, -0.05) is 78.9 Å². The molecule has 12 rings (SSSR count). The first-order valence-corrected chi connectivity index (χ1v) is 18.0. The molecule has 0 radical (unpaired) electrons. The summed E-state index contributed by atoms with van der Waals surface area (Å²) in [5.41, 5.74) is 12.2. The van der Waals surface area contributed by atoms with Gasteiger partial charge in [-0.25, -0.2) is 0 Å². The van der Waals surface area contributed by atoms with Crippen LogP contribution in [-0.4, -0.2) is 23.7 Å². The molecule has 5 heteroatoms. The van der Waals surface area contributed by atoms with E-state index in [4.69, 9.17) is 9.97 Å². The van der Waals surface area contributed by atoms with Crippen LogP contribution in [0.3, 0.4) is 0 Å². The number of hydrogen-bond acceptors (Lipinski definition) is 2. The largest absolute Gasteiger partial charge is 0.309 e. The zero-order valence-corrected chi connectivity index (χ0v) is 28.5. The number of rotatable bonds is 3. The van der Waals surface area contributed by atoms with E-state index in [9.17, 15) is 0 Å². The first-order valence-electron chi connectivity index (χ1n) is 18.0. The van der Waals surface area contributed by atoms with Crippen molar-refractivity contribution in [2.24, 2.45) is 0 Å². The van der Waals surface area contributed by atoms with Crippen LogP contribution >= 0.6 is 0 Å². The second-order valence-corrected chi connectivity index (χ2v) is 13.8. The van der Waals surface area contributed by atoms with Gasteiger partial charge in [0.1, 0.15) is 0 Å². The lowest BCUT2D eigenvalue weighted by Crippen LogP contribution is -1.98. The van der Waals surface area contributed by atoms with Crippen LogP contribution in [0.5, 0.6) is 0 Å². The summed E-state index contributed by atoms with van der Waals surface area (Å²) < 4.78 is 7.24. The van der Waals surface area contributed by atoms with Gasteiger partial charge in [0.05, 0.1) is 49.8 Å².